The summed E-state index contributed by atoms with van der Waals surface area (Å²) in [6.45, 7) is 5.86. The van der Waals surface area contributed by atoms with Gasteiger partial charge in [-0.15, -0.1) is 0 Å². The summed E-state index contributed by atoms with van der Waals surface area (Å²) in [5.74, 6) is 16.3. The van der Waals surface area contributed by atoms with Crippen molar-refractivity contribution in [1.82, 2.24) is 0 Å². The van der Waals surface area contributed by atoms with E-state index in [4.69, 9.17) is 9.47 Å². The fraction of sp³-hybridized carbons (Fsp3) is 0.333. The average Bonchev–Trinajstić information content (AvgIpc) is 3.07. The van der Waals surface area contributed by atoms with Crippen molar-refractivity contribution < 1.29 is 9.47 Å². The van der Waals surface area contributed by atoms with Crippen molar-refractivity contribution in [3.05, 3.63) is 118 Å². The molecule has 222 valence electrons. The molecule has 2 aliphatic rings. The van der Waals surface area contributed by atoms with E-state index in [-0.39, 0.29) is 0 Å². The van der Waals surface area contributed by atoms with E-state index in [2.05, 4.69) is 122 Å². The standard InChI is InChI=1S/C42H42O2/c1-3-7-31-11-15-33(16-12-31)19-21-35-23-25-41-39(27-35)40-28-36(22-20-34-17-13-32(8-4-2)14-18-34)24-26-42(40)44-30-38-10-6-5-9-37(38)29-43-41/h11-18,23-28,37-38H,3-10,29-30H2,1-2H3/t37-,38-/m1/s1. The van der Waals surface area contributed by atoms with Gasteiger partial charge in [0.05, 0.1) is 13.2 Å². The molecule has 0 unspecified atom stereocenters. The Bertz CT molecular complexity index is 1560. The molecule has 0 aromatic heterocycles. The van der Waals surface area contributed by atoms with Gasteiger partial charge in [0.2, 0.25) is 0 Å². The van der Waals surface area contributed by atoms with Gasteiger partial charge in [-0.1, -0.05) is 87.5 Å². The van der Waals surface area contributed by atoms with Crippen molar-refractivity contribution in [2.75, 3.05) is 13.2 Å². The second-order valence-corrected chi connectivity index (χ2v) is 12.2. The van der Waals surface area contributed by atoms with Crippen LogP contribution >= 0.6 is 0 Å². The first-order valence-electron chi connectivity index (χ1n) is 16.4. The molecule has 1 fully saturated rings. The zero-order valence-electron chi connectivity index (χ0n) is 26.1. The third kappa shape index (κ3) is 7.38. The molecule has 1 aliphatic heterocycles. The molecule has 4 aromatic rings. The van der Waals surface area contributed by atoms with Crippen molar-refractivity contribution in [3.8, 4) is 46.3 Å². The molecular weight excluding hydrogens is 536 g/mol. The van der Waals surface area contributed by atoms with Crippen molar-refractivity contribution in [2.24, 2.45) is 11.8 Å². The Morgan fingerprint density at radius 1 is 0.523 bits per heavy atom. The van der Waals surface area contributed by atoms with Crippen LogP contribution in [0, 0.1) is 35.5 Å². The second kappa shape index (κ2) is 14.4. The van der Waals surface area contributed by atoms with Crippen LogP contribution in [0.4, 0.5) is 0 Å². The van der Waals surface area contributed by atoms with Gasteiger partial charge in [-0.25, -0.2) is 0 Å². The highest BCUT2D eigenvalue weighted by molar-refractivity contribution is 5.78. The van der Waals surface area contributed by atoms with Crippen LogP contribution in [0.5, 0.6) is 11.5 Å². The Morgan fingerprint density at radius 2 is 0.909 bits per heavy atom. The largest absolute Gasteiger partial charge is 0.493 e. The number of aryl methyl sites for hydroxylation is 2. The summed E-state index contributed by atoms with van der Waals surface area (Å²) in [7, 11) is 0. The second-order valence-electron chi connectivity index (χ2n) is 12.2. The number of benzene rings is 4. The molecule has 6 rings (SSSR count). The normalized spacial score (nSPS) is 17.1. The van der Waals surface area contributed by atoms with Crippen LogP contribution in [-0.2, 0) is 12.8 Å². The van der Waals surface area contributed by atoms with Gasteiger partial charge in [0.15, 0.2) is 0 Å². The van der Waals surface area contributed by atoms with Crippen molar-refractivity contribution in [3.63, 3.8) is 0 Å². The molecule has 0 bridgehead atoms. The average molecular weight is 579 g/mol. The highest BCUT2D eigenvalue weighted by Gasteiger charge is 2.28. The van der Waals surface area contributed by atoms with E-state index < -0.39 is 0 Å². The quantitative estimate of drug-likeness (QED) is 0.225. The van der Waals surface area contributed by atoms with E-state index in [1.54, 1.807) is 0 Å². The number of hydrogen-bond donors (Lipinski definition) is 0. The number of fused-ring (bicyclic) bond motifs is 4. The highest BCUT2D eigenvalue weighted by Crippen LogP contribution is 2.41. The molecule has 1 saturated carbocycles. The van der Waals surface area contributed by atoms with Crippen molar-refractivity contribution in [2.45, 2.75) is 65.2 Å². The maximum Gasteiger partial charge on any atom is 0.127 e. The number of hydrogen-bond acceptors (Lipinski definition) is 2. The highest BCUT2D eigenvalue weighted by atomic mass is 16.5. The summed E-state index contributed by atoms with van der Waals surface area (Å²) in [4.78, 5) is 0. The predicted molar refractivity (Wildman–Crippen MR) is 181 cm³/mol. The van der Waals surface area contributed by atoms with Gasteiger partial charge in [-0.05, 0) is 109 Å². The summed E-state index contributed by atoms with van der Waals surface area (Å²) < 4.78 is 13.2. The van der Waals surface area contributed by atoms with Crippen LogP contribution < -0.4 is 9.47 Å². The maximum atomic E-state index is 6.60. The van der Waals surface area contributed by atoms with Gasteiger partial charge >= 0.3 is 0 Å². The Hall–Kier alpha value is -4.40. The topological polar surface area (TPSA) is 18.5 Å². The summed E-state index contributed by atoms with van der Waals surface area (Å²) >= 11 is 0. The van der Waals surface area contributed by atoms with E-state index in [0.717, 1.165) is 83.8 Å². The van der Waals surface area contributed by atoms with E-state index in [0.29, 0.717) is 11.8 Å². The Labute approximate surface area is 263 Å². The minimum absolute atomic E-state index is 0.516. The summed E-state index contributed by atoms with van der Waals surface area (Å²) in [6, 6.07) is 29.8. The third-order valence-electron chi connectivity index (χ3n) is 8.91. The van der Waals surface area contributed by atoms with Gasteiger partial charge in [-0.2, -0.15) is 0 Å². The molecule has 2 nitrogen and oxygen atoms in total. The van der Waals surface area contributed by atoms with E-state index >= 15 is 0 Å². The van der Waals surface area contributed by atoms with Gasteiger partial charge in [0.1, 0.15) is 11.5 Å². The zero-order valence-corrected chi connectivity index (χ0v) is 26.1. The Balaban J connectivity index is 1.36. The molecule has 0 spiro atoms. The molecule has 1 aliphatic carbocycles. The van der Waals surface area contributed by atoms with E-state index in [1.807, 2.05) is 0 Å². The SMILES string of the molecule is CCCc1ccc(C#Cc2ccc3c(c2)-c2cc(C#Cc4ccc(CCC)cc4)ccc2OC[C@H]2CCCC[C@@H]2CO3)cc1. The van der Waals surface area contributed by atoms with Gasteiger partial charge in [0, 0.05) is 33.4 Å². The lowest BCUT2D eigenvalue weighted by Gasteiger charge is -2.33. The monoisotopic (exact) mass is 578 g/mol. The van der Waals surface area contributed by atoms with Gasteiger partial charge in [-0.3, -0.25) is 0 Å². The van der Waals surface area contributed by atoms with Crippen LogP contribution in [0.15, 0.2) is 84.9 Å². The summed E-state index contributed by atoms with van der Waals surface area (Å²) in [5.41, 5.74) is 8.67. The summed E-state index contributed by atoms with van der Waals surface area (Å²) in [6.07, 6.45) is 9.42. The summed E-state index contributed by atoms with van der Waals surface area (Å²) in [5, 5.41) is 0. The van der Waals surface area contributed by atoms with Crippen LogP contribution in [0.25, 0.3) is 11.1 Å². The maximum absolute atomic E-state index is 6.60. The fourth-order valence-electron chi connectivity index (χ4n) is 6.38. The zero-order chi connectivity index (χ0) is 30.1. The van der Waals surface area contributed by atoms with E-state index in [9.17, 15) is 0 Å². The van der Waals surface area contributed by atoms with Crippen LogP contribution in [0.2, 0.25) is 0 Å². The number of ether oxygens (including phenoxy) is 2. The third-order valence-corrected chi connectivity index (χ3v) is 8.91. The molecule has 0 radical (unpaired) electrons. The molecule has 0 N–H and O–H groups in total. The van der Waals surface area contributed by atoms with E-state index in [1.165, 1.54) is 36.8 Å². The van der Waals surface area contributed by atoms with Gasteiger partial charge in [0.25, 0.3) is 0 Å². The smallest absolute Gasteiger partial charge is 0.127 e. The molecule has 4 aromatic carbocycles. The lowest BCUT2D eigenvalue weighted by molar-refractivity contribution is 0.104. The lowest BCUT2D eigenvalue weighted by atomic mass is 9.80. The molecule has 2 heteroatoms. The molecule has 1 heterocycles. The molecule has 44 heavy (non-hydrogen) atoms. The van der Waals surface area contributed by atoms with Crippen LogP contribution in [-0.4, -0.2) is 13.2 Å². The minimum atomic E-state index is 0.516. The fourth-order valence-corrected chi connectivity index (χ4v) is 6.38. The molecule has 0 amide bonds. The number of rotatable bonds is 4. The first kappa shape index (κ1) is 29.7. The first-order valence-corrected chi connectivity index (χ1v) is 16.4. The molecule has 0 saturated heterocycles. The molecular formula is C42H42O2. The van der Waals surface area contributed by atoms with Crippen molar-refractivity contribution >= 4 is 0 Å². The Kier molecular flexibility index (Phi) is 9.70. The first-order chi connectivity index (χ1) is 21.7. The van der Waals surface area contributed by atoms with Gasteiger partial charge < -0.3 is 9.47 Å². The predicted octanol–water partition coefficient (Wildman–Crippen LogP) is 9.64. The van der Waals surface area contributed by atoms with Crippen LogP contribution in [0.1, 0.15) is 85.8 Å². The minimum Gasteiger partial charge on any atom is -0.493 e. The van der Waals surface area contributed by atoms with Crippen molar-refractivity contribution in [1.29, 1.82) is 0 Å². The lowest BCUT2D eigenvalue weighted by Crippen LogP contribution is -2.30. The van der Waals surface area contributed by atoms with Crippen LogP contribution in [0.3, 0.4) is 0 Å². The molecule has 2 atom stereocenters. The Morgan fingerprint density at radius 3 is 1.32 bits per heavy atom.